The minimum atomic E-state index is -0.112. The Labute approximate surface area is 192 Å². The maximum Gasteiger partial charge on any atom is 0.270 e. The van der Waals surface area contributed by atoms with Gasteiger partial charge in [0.2, 0.25) is 0 Å². The fourth-order valence-electron chi connectivity index (χ4n) is 2.88. The predicted molar refractivity (Wildman–Crippen MR) is 132 cm³/mol. The number of halogens is 1. The lowest BCUT2D eigenvalue weighted by molar-refractivity contribution is -0.113. The molecule has 1 fully saturated rings. The molecular weight excluding hydrogens is 513 g/mol. The van der Waals surface area contributed by atoms with E-state index in [9.17, 15) is 4.79 Å². The van der Waals surface area contributed by atoms with Gasteiger partial charge in [0, 0.05) is 9.13 Å². The third-order valence-corrected chi connectivity index (χ3v) is 6.34. The van der Waals surface area contributed by atoms with Crippen molar-refractivity contribution in [3.63, 3.8) is 0 Å². The monoisotopic (exact) mass is 529 g/mol. The molecule has 29 heavy (non-hydrogen) atoms. The summed E-state index contributed by atoms with van der Waals surface area (Å²) in [5, 5.41) is 0. The van der Waals surface area contributed by atoms with Crippen LogP contribution >= 0.6 is 46.6 Å². The summed E-state index contributed by atoms with van der Waals surface area (Å²) in [5.41, 5.74) is 2.73. The normalized spacial score (nSPS) is 15.2. The summed E-state index contributed by atoms with van der Waals surface area (Å²) >= 11 is 9.04. The molecule has 0 aliphatic carbocycles. The van der Waals surface area contributed by atoms with E-state index < -0.39 is 0 Å². The number of benzene rings is 3. The molecule has 3 aromatic rings. The summed E-state index contributed by atoms with van der Waals surface area (Å²) in [6, 6.07) is 25.4. The second kappa shape index (κ2) is 9.11. The van der Waals surface area contributed by atoms with Gasteiger partial charge < -0.3 is 4.74 Å². The van der Waals surface area contributed by atoms with Gasteiger partial charge in [-0.2, -0.15) is 0 Å². The number of anilines is 1. The fraction of sp³-hybridized carbons (Fsp3) is 0.0435. The third-order valence-electron chi connectivity index (χ3n) is 4.32. The standard InChI is InChI=1S/C23H16INO2S2/c24-18-12-10-16(11-13-18)15-27-20-9-5-4-6-17(20)14-21-22(26)25(23(28)29-21)19-7-2-1-3-8-19/h1-14H,15H2/b21-14+. The number of ether oxygens (including phenoxy) is 1. The van der Waals surface area contributed by atoms with E-state index in [2.05, 4.69) is 46.9 Å². The smallest absolute Gasteiger partial charge is 0.270 e. The van der Waals surface area contributed by atoms with Crippen molar-refractivity contribution in [2.75, 3.05) is 4.90 Å². The summed E-state index contributed by atoms with van der Waals surface area (Å²) in [6.07, 6.45) is 1.85. The Morgan fingerprint density at radius 2 is 1.66 bits per heavy atom. The van der Waals surface area contributed by atoms with Gasteiger partial charge in [-0.05, 0) is 64.6 Å². The van der Waals surface area contributed by atoms with Crippen LogP contribution in [0.25, 0.3) is 6.08 Å². The van der Waals surface area contributed by atoms with Gasteiger partial charge in [0.1, 0.15) is 12.4 Å². The quantitative estimate of drug-likeness (QED) is 0.221. The van der Waals surface area contributed by atoms with E-state index in [1.807, 2.05) is 60.7 Å². The van der Waals surface area contributed by atoms with Crippen molar-refractivity contribution in [2.24, 2.45) is 0 Å². The van der Waals surface area contributed by atoms with Crippen LogP contribution < -0.4 is 9.64 Å². The van der Waals surface area contributed by atoms with Crippen LogP contribution in [-0.2, 0) is 11.4 Å². The average Bonchev–Trinajstić information content (AvgIpc) is 3.02. The SMILES string of the molecule is O=C1/C(=C\c2ccccc2OCc2ccc(I)cc2)SC(=S)N1c1ccccc1. The van der Waals surface area contributed by atoms with Crippen LogP contribution in [0.1, 0.15) is 11.1 Å². The zero-order valence-electron chi connectivity index (χ0n) is 15.2. The number of thioether (sulfide) groups is 1. The van der Waals surface area contributed by atoms with E-state index in [0.717, 1.165) is 22.6 Å². The summed E-state index contributed by atoms with van der Waals surface area (Å²) in [4.78, 5) is 15.1. The highest BCUT2D eigenvalue weighted by Gasteiger charge is 2.33. The predicted octanol–water partition coefficient (Wildman–Crippen LogP) is 6.28. The van der Waals surface area contributed by atoms with Crippen LogP contribution in [0.15, 0.2) is 83.8 Å². The second-order valence-corrected chi connectivity index (χ2v) is 9.23. The molecule has 0 radical (unpaired) electrons. The van der Waals surface area contributed by atoms with E-state index in [0.29, 0.717) is 15.8 Å². The highest BCUT2D eigenvalue weighted by molar-refractivity contribution is 14.1. The first-order valence-electron chi connectivity index (χ1n) is 8.91. The number of thiocarbonyl (C=S) groups is 1. The molecule has 0 aromatic heterocycles. The molecule has 0 atom stereocenters. The molecule has 1 aliphatic heterocycles. The molecule has 3 aromatic carbocycles. The molecule has 0 unspecified atom stereocenters. The molecule has 1 aliphatic rings. The first-order valence-corrected chi connectivity index (χ1v) is 11.2. The average molecular weight is 529 g/mol. The first-order chi connectivity index (χ1) is 14.1. The van der Waals surface area contributed by atoms with Crippen LogP contribution in [0.5, 0.6) is 5.75 Å². The topological polar surface area (TPSA) is 29.5 Å². The zero-order chi connectivity index (χ0) is 20.2. The zero-order valence-corrected chi connectivity index (χ0v) is 19.0. The van der Waals surface area contributed by atoms with Crippen LogP contribution in [0.3, 0.4) is 0 Å². The molecule has 1 saturated heterocycles. The molecule has 144 valence electrons. The maximum atomic E-state index is 13.0. The van der Waals surface area contributed by atoms with Gasteiger partial charge in [0.05, 0.1) is 10.6 Å². The third kappa shape index (κ3) is 4.71. The Hall–Kier alpha value is -2.16. The Balaban J connectivity index is 1.56. The molecule has 0 bridgehead atoms. The number of hydrogen-bond acceptors (Lipinski definition) is 4. The number of rotatable bonds is 5. The molecule has 3 nitrogen and oxygen atoms in total. The lowest BCUT2D eigenvalue weighted by atomic mass is 10.1. The first kappa shape index (κ1) is 20.1. The van der Waals surface area contributed by atoms with Gasteiger partial charge in [-0.1, -0.05) is 72.5 Å². The lowest BCUT2D eigenvalue weighted by Gasteiger charge is -2.14. The largest absolute Gasteiger partial charge is 0.488 e. The lowest BCUT2D eigenvalue weighted by Crippen LogP contribution is -2.27. The van der Waals surface area contributed by atoms with Gasteiger partial charge >= 0.3 is 0 Å². The second-order valence-electron chi connectivity index (χ2n) is 6.31. The van der Waals surface area contributed by atoms with Crippen molar-refractivity contribution in [2.45, 2.75) is 6.61 Å². The van der Waals surface area contributed by atoms with E-state index in [1.54, 1.807) is 4.90 Å². The Kier molecular flexibility index (Phi) is 6.32. The fourth-order valence-corrected chi connectivity index (χ4v) is 4.53. The van der Waals surface area contributed by atoms with E-state index >= 15 is 0 Å². The van der Waals surface area contributed by atoms with Crippen molar-refractivity contribution in [1.82, 2.24) is 0 Å². The molecule has 0 spiro atoms. The van der Waals surface area contributed by atoms with Gasteiger partial charge in [-0.25, -0.2) is 0 Å². The van der Waals surface area contributed by atoms with Crippen LogP contribution in [0, 0.1) is 3.57 Å². The van der Waals surface area contributed by atoms with E-state index in [-0.39, 0.29) is 5.91 Å². The van der Waals surface area contributed by atoms with E-state index in [4.69, 9.17) is 17.0 Å². The highest BCUT2D eigenvalue weighted by atomic mass is 127. The van der Waals surface area contributed by atoms with E-state index in [1.165, 1.54) is 15.3 Å². The van der Waals surface area contributed by atoms with Gasteiger partial charge in [-0.3, -0.25) is 9.69 Å². The molecule has 6 heteroatoms. The van der Waals surface area contributed by atoms with Crippen molar-refractivity contribution < 1.29 is 9.53 Å². The number of carbonyl (C=O) groups excluding carboxylic acids is 1. The van der Waals surface area contributed by atoms with Crippen molar-refractivity contribution in [3.05, 3.63) is 98.5 Å². The van der Waals surface area contributed by atoms with Gasteiger partial charge in [0.15, 0.2) is 4.32 Å². The Morgan fingerprint density at radius 1 is 0.966 bits per heavy atom. The molecule has 0 N–H and O–H groups in total. The number of hydrogen-bond donors (Lipinski definition) is 0. The molecular formula is C23H16INO2S2. The minimum Gasteiger partial charge on any atom is -0.488 e. The molecule has 0 saturated carbocycles. The molecule has 1 amide bonds. The Bertz CT molecular complexity index is 1080. The minimum absolute atomic E-state index is 0.112. The van der Waals surface area contributed by atoms with Crippen LogP contribution in [-0.4, -0.2) is 10.2 Å². The van der Waals surface area contributed by atoms with Crippen molar-refractivity contribution in [3.8, 4) is 5.75 Å². The van der Waals surface area contributed by atoms with Crippen LogP contribution in [0.2, 0.25) is 0 Å². The Morgan fingerprint density at radius 3 is 2.41 bits per heavy atom. The highest BCUT2D eigenvalue weighted by Crippen LogP contribution is 2.37. The number of para-hydroxylation sites is 2. The van der Waals surface area contributed by atoms with Crippen molar-refractivity contribution >= 4 is 68.6 Å². The summed E-state index contributed by atoms with van der Waals surface area (Å²) < 4.78 is 7.75. The summed E-state index contributed by atoms with van der Waals surface area (Å²) in [7, 11) is 0. The van der Waals surface area contributed by atoms with Crippen molar-refractivity contribution in [1.29, 1.82) is 0 Å². The molecule has 4 rings (SSSR count). The number of nitrogens with zero attached hydrogens (tertiary/aromatic N) is 1. The number of amides is 1. The van der Waals surface area contributed by atoms with Crippen LogP contribution in [0.4, 0.5) is 5.69 Å². The summed E-state index contributed by atoms with van der Waals surface area (Å²) in [6.45, 7) is 0.465. The van der Waals surface area contributed by atoms with Gasteiger partial charge in [-0.15, -0.1) is 0 Å². The van der Waals surface area contributed by atoms with Gasteiger partial charge in [0.25, 0.3) is 5.91 Å². The maximum absolute atomic E-state index is 13.0. The number of carbonyl (C=O) groups is 1. The molecule has 1 heterocycles. The summed E-state index contributed by atoms with van der Waals surface area (Å²) in [5.74, 6) is 0.620.